The molecule has 20 heavy (non-hydrogen) atoms. The summed E-state index contributed by atoms with van der Waals surface area (Å²) in [7, 11) is 3.60. The molecule has 0 spiro atoms. The van der Waals surface area contributed by atoms with Crippen LogP contribution in [0.15, 0.2) is 18.5 Å². The number of rotatable bonds is 5. The van der Waals surface area contributed by atoms with E-state index in [-0.39, 0.29) is 11.8 Å². The van der Waals surface area contributed by atoms with Gasteiger partial charge >= 0.3 is 0 Å². The lowest BCUT2D eigenvalue weighted by Crippen LogP contribution is -2.29. The van der Waals surface area contributed by atoms with Crippen LogP contribution in [0.5, 0.6) is 5.75 Å². The summed E-state index contributed by atoms with van der Waals surface area (Å²) in [5, 5.41) is 4.01. The Morgan fingerprint density at radius 3 is 2.90 bits per heavy atom. The minimum atomic E-state index is 0.0179. The summed E-state index contributed by atoms with van der Waals surface area (Å²) in [5.74, 6) is 0.849. The van der Waals surface area contributed by atoms with Crippen molar-refractivity contribution >= 4 is 16.9 Å². The van der Waals surface area contributed by atoms with E-state index in [2.05, 4.69) is 16.5 Å². The minimum absolute atomic E-state index is 0.0179. The molecule has 1 amide bonds. The van der Waals surface area contributed by atoms with Crippen molar-refractivity contribution in [1.29, 1.82) is 0 Å². The lowest BCUT2D eigenvalue weighted by molar-refractivity contribution is -0.123. The molecule has 2 aromatic rings. The summed E-state index contributed by atoms with van der Waals surface area (Å²) in [4.78, 5) is 15.9. The molecule has 2 heterocycles. The largest absolute Gasteiger partial charge is 0.495 e. The number of nitrogens with one attached hydrogen (secondary N) is 1. The molecule has 0 aliphatic heterocycles. The van der Waals surface area contributed by atoms with Crippen molar-refractivity contribution in [3.05, 3.63) is 24.0 Å². The number of aromatic nitrogens is 2. The highest BCUT2D eigenvalue weighted by Crippen LogP contribution is 2.23. The molecule has 0 aliphatic rings. The molecule has 2 aromatic heterocycles. The highest BCUT2D eigenvalue weighted by Gasteiger charge is 2.10. The molecule has 5 nitrogen and oxygen atoms in total. The lowest BCUT2D eigenvalue weighted by atomic mass is 10.1. The zero-order valence-corrected chi connectivity index (χ0v) is 12.4. The Kier molecular flexibility index (Phi) is 4.27. The number of carbonyl (C=O) groups excluding carboxylic acids is 1. The van der Waals surface area contributed by atoms with Crippen molar-refractivity contribution in [2.45, 2.75) is 20.3 Å². The SMILES string of the molecule is COc1cnc2c(c1)c(CCNC(=O)C(C)C)cn2C. The van der Waals surface area contributed by atoms with Gasteiger partial charge in [0, 0.05) is 31.1 Å². The Hall–Kier alpha value is -2.04. The molecule has 0 aromatic carbocycles. The van der Waals surface area contributed by atoms with Gasteiger partial charge in [-0.15, -0.1) is 0 Å². The molecule has 0 aliphatic carbocycles. The Bertz CT molecular complexity index is 617. The molecule has 0 radical (unpaired) electrons. The van der Waals surface area contributed by atoms with E-state index < -0.39 is 0 Å². The number of methoxy groups -OCH3 is 1. The zero-order chi connectivity index (χ0) is 14.7. The van der Waals surface area contributed by atoms with Gasteiger partial charge in [-0.1, -0.05) is 13.8 Å². The molecule has 0 unspecified atom stereocenters. The van der Waals surface area contributed by atoms with Gasteiger partial charge in [-0.25, -0.2) is 4.98 Å². The average molecular weight is 275 g/mol. The van der Waals surface area contributed by atoms with Gasteiger partial charge in [0.1, 0.15) is 11.4 Å². The topological polar surface area (TPSA) is 56.1 Å². The normalized spacial score (nSPS) is 11.1. The fraction of sp³-hybridized carbons (Fsp3) is 0.467. The Labute approximate surface area is 118 Å². The van der Waals surface area contributed by atoms with Crippen molar-refractivity contribution in [2.75, 3.05) is 13.7 Å². The first-order valence-corrected chi connectivity index (χ1v) is 6.78. The maximum atomic E-state index is 11.6. The second-order valence-corrected chi connectivity index (χ2v) is 5.21. The number of amides is 1. The Morgan fingerprint density at radius 1 is 1.50 bits per heavy atom. The van der Waals surface area contributed by atoms with Crippen LogP contribution in [0.25, 0.3) is 11.0 Å². The maximum Gasteiger partial charge on any atom is 0.222 e. The van der Waals surface area contributed by atoms with Crippen molar-refractivity contribution < 1.29 is 9.53 Å². The lowest BCUT2D eigenvalue weighted by Gasteiger charge is -2.07. The number of pyridine rings is 1. The summed E-state index contributed by atoms with van der Waals surface area (Å²) in [6.07, 6.45) is 4.55. The van der Waals surface area contributed by atoms with Crippen LogP contribution in [0, 0.1) is 5.92 Å². The van der Waals surface area contributed by atoms with E-state index in [1.54, 1.807) is 13.3 Å². The highest BCUT2D eigenvalue weighted by molar-refractivity contribution is 5.82. The molecule has 0 fully saturated rings. The molecular weight excluding hydrogens is 254 g/mol. The molecule has 108 valence electrons. The molecule has 0 bridgehead atoms. The van der Waals surface area contributed by atoms with Crippen LogP contribution in [0.2, 0.25) is 0 Å². The monoisotopic (exact) mass is 275 g/mol. The van der Waals surface area contributed by atoms with E-state index in [0.717, 1.165) is 28.8 Å². The van der Waals surface area contributed by atoms with Crippen molar-refractivity contribution in [3.8, 4) is 5.75 Å². The van der Waals surface area contributed by atoms with E-state index in [1.807, 2.05) is 31.5 Å². The van der Waals surface area contributed by atoms with Gasteiger partial charge in [-0.05, 0) is 18.1 Å². The van der Waals surface area contributed by atoms with Gasteiger partial charge in [0.05, 0.1) is 13.3 Å². The smallest absolute Gasteiger partial charge is 0.222 e. The van der Waals surface area contributed by atoms with Gasteiger partial charge < -0.3 is 14.6 Å². The number of hydrogen-bond acceptors (Lipinski definition) is 3. The second kappa shape index (κ2) is 5.94. The van der Waals surface area contributed by atoms with Gasteiger partial charge in [-0.3, -0.25) is 4.79 Å². The molecule has 1 N–H and O–H groups in total. The third-order valence-electron chi connectivity index (χ3n) is 3.32. The van der Waals surface area contributed by atoms with Gasteiger partial charge in [-0.2, -0.15) is 0 Å². The highest BCUT2D eigenvalue weighted by atomic mass is 16.5. The standard InChI is InChI=1S/C15H21N3O2/c1-10(2)15(19)16-6-5-11-9-18(3)14-13(11)7-12(20-4)8-17-14/h7-10H,5-6H2,1-4H3,(H,16,19). The Balaban J connectivity index is 2.15. The first kappa shape index (κ1) is 14.4. The Morgan fingerprint density at radius 2 is 2.25 bits per heavy atom. The number of nitrogens with zero attached hydrogens (tertiary/aromatic N) is 2. The summed E-state index contributed by atoms with van der Waals surface area (Å²) >= 11 is 0. The second-order valence-electron chi connectivity index (χ2n) is 5.21. The first-order chi connectivity index (χ1) is 9.52. The molecule has 0 saturated heterocycles. The third-order valence-corrected chi connectivity index (χ3v) is 3.32. The van der Waals surface area contributed by atoms with E-state index in [1.165, 1.54) is 0 Å². The van der Waals surface area contributed by atoms with E-state index in [0.29, 0.717) is 6.54 Å². The molecule has 0 saturated carbocycles. The van der Waals surface area contributed by atoms with Crippen molar-refractivity contribution in [1.82, 2.24) is 14.9 Å². The van der Waals surface area contributed by atoms with Crippen LogP contribution in [0.1, 0.15) is 19.4 Å². The zero-order valence-electron chi connectivity index (χ0n) is 12.4. The number of fused-ring (bicyclic) bond motifs is 1. The number of aryl methyl sites for hydroxylation is 1. The quantitative estimate of drug-likeness (QED) is 0.906. The van der Waals surface area contributed by atoms with E-state index >= 15 is 0 Å². The van der Waals surface area contributed by atoms with Crippen LogP contribution in [0.4, 0.5) is 0 Å². The van der Waals surface area contributed by atoms with Crippen LogP contribution >= 0.6 is 0 Å². The molecular formula is C15H21N3O2. The van der Waals surface area contributed by atoms with Crippen molar-refractivity contribution in [3.63, 3.8) is 0 Å². The summed E-state index contributed by atoms with van der Waals surface area (Å²) in [6.45, 7) is 4.41. The van der Waals surface area contributed by atoms with Crippen LogP contribution < -0.4 is 10.1 Å². The van der Waals surface area contributed by atoms with Crippen molar-refractivity contribution in [2.24, 2.45) is 13.0 Å². The van der Waals surface area contributed by atoms with Gasteiger partial charge in [0.15, 0.2) is 0 Å². The third kappa shape index (κ3) is 2.92. The number of hydrogen-bond donors (Lipinski definition) is 1. The van der Waals surface area contributed by atoms with Crippen LogP contribution in [-0.2, 0) is 18.3 Å². The fourth-order valence-corrected chi connectivity index (χ4v) is 2.16. The molecule has 2 rings (SSSR count). The first-order valence-electron chi connectivity index (χ1n) is 6.78. The summed E-state index contributed by atoms with van der Waals surface area (Å²) in [5.41, 5.74) is 2.09. The predicted molar refractivity (Wildman–Crippen MR) is 78.8 cm³/mol. The van der Waals surface area contributed by atoms with Crippen LogP contribution in [-0.4, -0.2) is 29.1 Å². The van der Waals surface area contributed by atoms with E-state index in [9.17, 15) is 4.79 Å². The molecule has 5 heteroatoms. The van der Waals surface area contributed by atoms with Gasteiger partial charge in [0.25, 0.3) is 0 Å². The maximum absolute atomic E-state index is 11.6. The van der Waals surface area contributed by atoms with Crippen LogP contribution in [0.3, 0.4) is 0 Å². The molecule has 0 atom stereocenters. The van der Waals surface area contributed by atoms with E-state index in [4.69, 9.17) is 4.74 Å². The summed E-state index contributed by atoms with van der Waals surface area (Å²) < 4.78 is 7.21. The predicted octanol–water partition coefficient (Wildman–Crippen LogP) is 1.90. The summed E-state index contributed by atoms with van der Waals surface area (Å²) in [6, 6.07) is 1.99. The average Bonchev–Trinajstić information content (AvgIpc) is 2.74. The number of carbonyl (C=O) groups is 1. The number of ether oxygens (including phenoxy) is 1. The minimum Gasteiger partial charge on any atom is -0.495 e. The van der Waals surface area contributed by atoms with Gasteiger partial charge in [0.2, 0.25) is 5.91 Å². The fourth-order valence-electron chi connectivity index (χ4n) is 2.16.